The van der Waals surface area contributed by atoms with Crippen molar-refractivity contribution in [3.05, 3.63) is 30.1 Å². The van der Waals surface area contributed by atoms with Crippen LogP contribution < -0.4 is 5.32 Å². The van der Waals surface area contributed by atoms with Gasteiger partial charge in [-0.2, -0.15) is 0 Å². The van der Waals surface area contributed by atoms with Gasteiger partial charge in [0.2, 0.25) is 0 Å². The summed E-state index contributed by atoms with van der Waals surface area (Å²) in [5, 5.41) is 3.56. The molecule has 0 aromatic carbocycles. The van der Waals surface area contributed by atoms with E-state index < -0.39 is 0 Å². The number of rotatable bonds is 8. The molecule has 1 heterocycles. The molecule has 3 nitrogen and oxygen atoms in total. The molecule has 2 rings (SSSR count). The molecule has 1 N–H and O–H groups in total. The SMILES string of the molecule is CCC1(CC)CC(CNCCOC)(c2cccnc2)C1. The van der Waals surface area contributed by atoms with Crippen molar-refractivity contribution in [2.75, 3.05) is 26.8 Å². The molecule has 3 heteroatoms. The van der Waals surface area contributed by atoms with Crippen molar-refractivity contribution < 1.29 is 4.74 Å². The molecule has 0 unspecified atom stereocenters. The fourth-order valence-electron chi connectivity index (χ4n) is 3.74. The topological polar surface area (TPSA) is 34.1 Å². The highest BCUT2D eigenvalue weighted by atomic mass is 16.5. The smallest absolute Gasteiger partial charge is 0.0587 e. The van der Waals surface area contributed by atoms with Crippen molar-refractivity contribution >= 4 is 0 Å². The summed E-state index contributed by atoms with van der Waals surface area (Å²) in [5.74, 6) is 0. The minimum absolute atomic E-state index is 0.272. The Labute approximate surface area is 123 Å². The molecule has 0 saturated heterocycles. The summed E-state index contributed by atoms with van der Waals surface area (Å²) in [5.41, 5.74) is 2.20. The molecular weight excluding hydrogens is 248 g/mol. The van der Waals surface area contributed by atoms with Gasteiger partial charge in [-0.15, -0.1) is 0 Å². The van der Waals surface area contributed by atoms with Gasteiger partial charge in [-0.05, 0) is 29.9 Å². The van der Waals surface area contributed by atoms with Crippen LogP contribution in [0.5, 0.6) is 0 Å². The zero-order valence-electron chi connectivity index (χ0n) is 13.1. The maximum absolute atomic E-state index is 5.12. The minimum Gasteiger partial charge on any atom is -0.383 e. The molecule has 0 amide bonds. The molecule has 20 heavy (non-hydrogen) atoms. The molecule has 1 aliphatic rings. The summed E-state index contributed by atoms with van der Waals surface area (Å²) in [4.78, 5) is 4.32. The van der Waals surface area contributed by atoms with E-state index >= 15 is 0 Å². The highest BCUT2D eigenvalue weighted by Crippen LogP contribution is 2.58. The van der Waals surface area contributed by atoms with E-state index in [1.54, 1.807) is 7.11 Å². The molecule has 1 aliphatic carbocycles. The van der Waals surface area contributed by atoms with E-state index in [2.05, 4.69) is 36.3 Å². The predicted octanol–water partition coefficient (Wildman–Crippen LogP) is 3.16. The van der Waals surface area contributed by atoms with Gasteiger partial charge in [0.05, 0.1) is 6.61 Å². The van der Waals surface area contributed by atoms with Gasteiger partial charge < -0.3 is 10.1 Å². The van der Waals surface area contributed by atoms with Gasteiger partial charge in [0.25, 0.3) is 0 Å². The van der Waals surface area contributed by atoms with Crippen molar-refractivity contribution in [2.24, 2.45) is 5.41 Å². The number of methoxy groups -OCH3 is 1. The summed E-state index contributed by atoms with van der Waals surface area (Å²) in [7, 11) is 1.75. The lowest BCUT2D eigenvalue weighted by atomic mass is 9.48. The molecule has 0 radical (unpaired) electrons. The molecular formula is C17H28N2O. The largest absolute Gasteiger partial charge is 0.383 e. The number of ether oxygens (including phenoxy) is 1. The second kappa shape index (κ2) is 6.68. The molecule has 0 spiro atoms. The van der Waals surface area contributed by atoms with Crippen molar-refractivity contribution in [2.45, 2.75) is 44.9 Å². The molecule has 1 aromatic heterocycles. The van der Waals surface area contributed by atoms with Crippen LogP contribution in [0.1, 0.15) is 45.1 Å². The Hall–Kier alpha value is -0.930. The Morgan fingerprint density at radius 1 is 1.30 bits per heavy atom. The van der Waals surface area contributed by atoms with Crippen LogP contribution >= 0.6 is 0 Å². The summed E-state index contributed by atoms with van der Waals surface area (Å²) in [6.45, 7) is 7.38. The van der Waals surface area contributed by atoms with E-state index in [-0.39, 0.29) is 5.41 Å². The van der Waals surface area contributed by atoms with Gasteiger partial charge in [-0.1, -0.05) is 32.8 Å². The highest BCUT2D eigenvalue weighted by Gasteiger charge is 2.52. The van der Waals surface area contributed by atoms with E-state index in [0.717, 1.165) is 19.7 Å². The molecule has 1 aromatic rings. The summed E-state index contributed by atoms with van der Waals surface area (Å²) in [6.07, 6.45) is 9.03. The van der Waals surface area contributed by atoms with Gasteiger partial charge in [0, 0.05) is 38.0 Å². The van der Waals surface area contributed by atoms with Crippen LogP contribution in [0.2, 0.25) is 0 Å². The lowest BCUT2D eigenvalue weighted by molar-refractivity contribution is 0.0119. The van der Waals surface area contributed by atoms with Gasteiger partial charge >= 0.3 is 0 Å². The zero-order chi connectivity index (χ0) is 14.5. The summed E-state index contributed by atoms with van der Waals surface area (Å²) < 4.78 is 5.12. The first-order chi connectivity index (χ1) is 9.70. The van der Waals surface area contributed by atoms with Gasteiger partial charge in [-0.3, -0.25) is 4.98 Å². The van der Waals surface area contributed by atoms with Gasteiger partial charge in [-0.25, -0.2) is 0 Å². The standard InChI is InChI=1S/C17H28N2O/c1-4-16(5-2)12-17(13-16,14-19-9-10-20-3)15-7-6-8-18-11-15/h6-8,11,19H,4-5,9-10,12-14H2,1-3H3. The summed E-state index contributed by atoms with van der Waals surface area (Å²) >= 11 is 0. The third-order valence-corrected chi connectivity index (χ3v) is 5.15. The number of hydrogen-bond donors (Lipinski definition) is 1. The van der Waals surface area contributed by atoms with E-state index in [9.17, 15) is 0 Å². The Kier molecular flexibility index (Phi) is 5.17. The second-order valence-electron chi connectivity index (χ2n) is 6.25. The molecule has 112 valence electrons. The number of pyridine rings is 1. The third-order valence-electron chi connectivity index (χ3n) is 5.15. The van der Waals surface area contributed by atoms with Crippen LogP contribution in [0.15, 0.2) is 24.5 Å². The van der Waals surface area contributed by atoms with Crippen molar-refractivity contribution in [1.29, 1.82) is 0 Å². The van der Waals surface area contributed by atoms with Crippen LogP contribution in [0, 0.1) is 5.41 Å². The summed E-state index contributed by atoms with van der Waals surface area (Å²) in [6, 6.07) is 4.30. The van der Waals surface area contributed by atoms with Crippen LogP contribution in [0.25, 0.3) is 0 Å². The fraction of sp³-hybridized carbons (Fsp3) is 0.706. The van der Waals surface area contributed by atoms with Crippen molar-refractivity contribution in [3.8, 4) is 0 Å². The average molecular weight is 276 g/mol. The first-order valence-electron chi connectivity index (χ1n) is 7.80. The predicted molar refractivity (Wildman–Crippen MR) is 82.9 cm³/mol. The Morgan fingerprint density at radius 2 is 2.05 bits per heavy atom. The molecule has 0 aliphatic heterocycles. The second-order valence-corrected chi connectivity index (χ2v) is 6.25. The van der Waals surface area contributed by atoms with Gasteiger partial charge in [0.1, 0.15) is 0 Å². The monoisotopic (exact) mass is 276 g/mol. The normalized spacial score (nSPS) is 19.6. The average Bonchev–Trinajstić information content (AvgIpc) is 2.47. The van der Waals surface area contributed by atoms with E-state index in [0.29, 0.717) is 5.41 Å². The Bertz CT molecular complexity index is 393. The van der Waals surface area contributed by atoms with Crippen molar-refractivity contribution in [1.82, 2.24) is 10.3 Å². The highest BCUT2D eigenvalue weighted by molar-refractivity contribution is 5.29. The lowest BCUT2D eigenvalue weighted by Crippen LogP contribution is -2.54. The quantitative estimate of drug-likeness (QED) is 0.741. The van der Waals surface area contributed by atoms with E-state index in [1.807, 2.05) is 12.4 Å². The van der Waals surface area contributed by atoms with E-state index in [4.69, 9.17) is 4.74 Å². The zero-order valence-corrected chi connectivity index (χ0v) is 13.1. The maximum Gasteiger partial charge on any atom is 0.0587 e. The molecule has 1 saturated carbocycles. The van der Waals surface area contributed by atoms with Gasteiger partial charge in [0.15, 0.2) is 0 Å². The minimum atomic E-state index is 0.272. The molecule has 1 fully saturated rings. The third kappa shape index (κ3) is 3.04. The molecule has 0 atom stereocenters. The first-order valence-corrected chi connectivity index (χ1v) is 7.80. The first kappa shape index (κ1) is 15.5. The lowest BCUT2D eigenvalue weighted by Gasteiger charge is -2.57. The Morgan fingerprint density at radius 3 is 2.60 bits per heavy atom. The van der Waals surface area contributed by atoms with Crippen molar-refractivity contribution in [3.63, 3.8) is 0 Å². The Balaban J connectivity index is 2.07. The maximum atomic E-state index is 5.12. The fourth-order valence-corrected chi connectivity index (χ4v) is 3.74. The molecule has 0 bridgehead atoms. The number of hydrogen-bond acceptors (Lipinski definition) is 3. The van der Waals surface area contributed by atoms with Crippen LogP contribution in [-0.4, -0.2) is 31.8 Å². The number of nitrogens with zero attached hydrogens (tertiary/aromatic N) is 1. The van der Waals surface area contributed by atoms with Crippen LogP contribution in [-0.2, 0) is 10.2 Å². The van der Waals surface area contributed by atoms with E-state index in [1.165, 1.54) is 31.2 Å². The van der Waals surface area contributed by atoms with Crippen LogP contribution in [0.4, 0.5) is 0 Å². The van der Waals surface area contributed by atoms with Crippen LogP contribution in [0.3, 0.4) is 0 Å². The number of nitrogens with one attached hydrogen (secondary N) is 1. The number of aromatic nitrogens is 1.